The van der Waals surface area contributed by atoms with Gasteiger partial charge in [-0.05, 0) is 38.4 Å². The summed E-state index contributed by atoms with van der Waals surface area (Å²) in [5.41, 5.74) is 1.26. The van der Waals surface area contributed by atoms with E-state index in [1.165, 1.54) is 31.4 Å². The van der Waals surface area contributed by atoms with E-state index in [0.29, 0.717) is 6.04 Å². The maximum absolute atomic E-state index is 5.10. The monoisotopic (exact) mass is 236 g/mol. The van der Waals surface area contributed by atoms with E-state index in [1.54, 1.807) is 6.26 Å². The minimum Gasteiger partial charge on any atom is -0.472 e. The van der Waals surface area contributed by atoms with Crippen LogP contribution < -0.4 is 5.32 Å². The Morgan fingerprint density at radius 3 is 3.12 bits per heavy atom. The number of nitrogens with one attached hydrogen (secondary N) is 1. The Labute approximate surface area is 104 Å². The number of furan rings is 1. The lowest BCUT2D eigenvalue weighted by molar-refractivity contribution is 0.220. The summed E-state index contributed by atoms with van der Waals surface area (Å²) < 4.78 is 5.10. The summed E-state index contributed by atoms with van der Waals surface area (Å²) in [4.78, 5) is 2.38. The van der Waals surface area contributed by atoms with Gasteiger partial charge in [-0.2, -0.15) is 0 Å². The van der Waals surface area contributed by atoms with Crippen molar-refractivity contribution in [3.8, 4) is 0 Å². The second-order valence-corrected chi connectivity index (χ2v) is 5.28. The molecule has 2 heterocycles. The van der Waals surface area contributed by atoms with Crippen molar-refractivity contribution in [2.45, 2.75) is 38.8 Å². The van der Waals surface area contributed by atoms with Crippen LogP contribution in [0.2, 0.25) is 0 Å². The van der Waals surface area contributed by atoms with Crippen molar-refractivity contribution in [2.75, 3.05) is 20.1 Å². The molecular formula is C14H24N2O. The quantitative estimate of drug-likeness (QED) is 0.851. The second-order valence-electron chi connectivity index (χ2n) is 5.28. The predicted molar refractivity (Wildman–Crippen MR) is 69.8 cm³/mol. The third-order valence-corrected chi connectivity index (χ3v) is 3.75. The fourth-order valence-corrected chi connectivity index (χ4v) is 2.74. The Kier molecular flexibility index (Phi) is 4.63. The zero-order valence-electron chi connectivity index (χ0n) is 11.0. The van der Waals surface area contributed by atoms with Gasteiger partial charge in [-0.25, -0.2) is 0 Å². The maximum atomic E-state index is 5.10. The van der Waals surface area contributed by atoms with Gasteiger partial charge in [-0.15, -0.1) is 0 Å². The Bertz CT molecular complexity index is 310. The van der Waals surface area contributed by atoms with Gasteiger partial charge in [0, 0.05) is 24.7 Å². The minimum atomic E-state index is 0.658. The Morgan fingerprint density at radius 2 is 2.41 bits per heavy atom. The first-order valence-electron chi connectivity index (χ1n) is 6.71. The highest BCUT2D eigenvalue weighted by atomic mass is 16.3. The number of rotatable bonds is 5. The van der Waals surface area contributed by atoms with Crippen LogP contribution in [0.5, 0.6) is 0 Å². The smallest absolute Gasteiger partial charge is 0.0947 e. The van der Waals surface area contributed by atoms with Gasteiger partial charge in [-0.3, -0.25) is 0 Å². The topological polar surface area (TPSA) is 28.4 Å². The average Bonchev–Trinajstić information content (AvgIpc) is 2.82. The zero-order valence-corrected chi connectivity index (χ0v) is 11.0. The molecule has 0 saturated carbocycles. The summed E-state index contributed by atoms with van der Waals surface area (Å²) in [5.74, 6) is 0.920. The standard InChI is InChI=1S/C14H24N2O/c1-3-12-4-6-15-14(8-12)10-16(2)9-13-5-7-17-11-13/h5,7,11-12,14-15H,3-4,6,8-10H2,1-2H3. The zero-order chi connectivity index (χ0) is 12.1. The van der Waals surface area contributed by atoms with Crippen molar-refractivity contribution in [3.63, 3.8) is 0 Å². The highest BCUT2D eigenvalue weighted by Gasteiger charge is 2.21. The summed E-state index contributed by atoms with van der Waals surface area (Å²) >= 11 is 0. The van der Waals surface area contributed by atoms with Crippen LogP contribution in [0.4, 0.5) is 0 Å². The molecule has 0 bridgehead atoms. The molecule has 3 heteroatoms. The molecule has 1 aromatic rings. The summed E-state index contributed by atoms with van der Waals surface area (Å²) in [7, 11) is 2.18. The number of likely N-dealkylation sites (N-methyl/N-ethyl adjacent to an activating group) is 1. The Hall–Kier alpha value is -0.800. The van der Waals surface area contributed by atoms with Gasteiger partial charge in [0.05, 0.1) is 12.5 Å². The third kappa shape index (κ3) is 3.86. The van der Waals surface area contributed by atoms with Crippen molar-refractivity contribution in [3.05, 3.63) is 24.2 Å². The van der Waals surface area contributed by atoms with Crippen LogP contribution in [-0.2, 0) is 6.54 Å². The Morgan fingerprint density at radius 1 is 1.53 bits per heavy atom. The molecule has 2 rings (SSSR count). The van der Waals surface area contributed by atoms with E-state index in [4.69, 9.17) is 4.42 Å². The van der Waals surface area contributed by atoms with Crippen molar-refractivity contribution >= 4 is 0 Å². The van der Waals surface area contributed by atoms with Crippen molar-refractivity contribution < 1.29 is 4.42 Å². The van der Waals surface area contributed by atoms with E-state index in [9.17, 15) is 0 Å². The molecule has 1 N–H and O–H groups in total. The lowest BCUT2D eigenvalue weighted by atomic mass is 9.90. The first kappa shape index (κ1) is 12.7. The van der Waals surface area contributed by atoms with Crippen molar-refractivity contribution in [2.24, 2.45) is 5.92 Å². The molecule has 1 aromatic heterocycles. The van der Waals surface area contributed by atoms with Gasteiger partial charge in [0.25, 0.3) is 0 Å². The van der Waals surface area contributed by atoms with Gasteiger partial charge in [0.1, 0.15) is 0 Å². The highest BCUT2D eigenvalue weighted by molar-refractivity contribution is 5.04. The number of hydrogen-bond acceptors (Lipinski definition) is 3. The molecule has 1 aliphatic rings. The molecule has 3 nitrogen and oxygen atoms in total. The van der Waals surface area contributed by atoms with Crippen LogP contribution in [0.25, 0.3) is 0 Å². The summed E-state index contributed by atoms with van der Waals surface area (Å²) in [5, 5.41) is 3.63. The number of nitrogens with zero attached hydrogens (tertiary/aromatic N) is 1. The number of hydrogen-bond donors (Lipinski definition) is 1. The van der Waals surface area contributed by atoms with Crippen LogP contribution in [0.15, 0.2) is 23.0 Å². The van der Waals surface area contributed by atoms with Crippen LogP contribution >= 0.6 is 0 Å². The average molecular weight is 236 g/mol. The molecule has 2 unspecified atom stereocenters. The Balaban J connectivity index is 1.76. The summed E-state index contributed by atoms with van der Waals surface area (Å²) in [6, 6.07) is 2.70. The van der Waals surface area contributed by atoms with E-state index in [-0.39, 0.29) is 0 Å². The number of piperidine rings is 1. The fourth-order valence-electron chi connectivity index (χ4n) is 2.74. The largest absolute Gasteiger partial charge is 0.472 e. The van der Waals surface area contributed by atoms with Crippen LogP contribution in [0.3, 0.4) is 0 Å². The molecule has 0 spiro atoms. The lowest BCUT2D eigenvalue weighted by Crippen LogP contribution is -2.44. The van der Waals surface area contributed by atoms with Gasteiger partial charge < -0.3 is 14.6 Å². The molecule has 0 aliphatic carbocycles. The molecule has 2 atom stereocenters. The molecule has 1 fully saturated rings. The van der Waals surface area contributed by atoms with E-state index in [0.717, 1.165) is 19.0 Å². The predicted octanol–water partition coefficient (Wildman–Crippen LogP) is 2.49. The molecule has 1 saturated heterocycles. The SMILES string of the molecule is CCC1CCNC(CN(C)Cc2ccoc2)C1. The molecule has 17 heavy (non-hydrogen) atoms. The van der Waals surface area contributed by atoms with Gasteiger partial charge >= 0.3 is 0 Å². The maximum Gasteiger partial charge on any atom is 0.0947 e. The van der Waals surface area contributed by atoms with Crippen molar-refractivity contribution in [1.82, 2.24) is 10.2 Å². The van der Waals surface area contributed by atoms with Crippen molar-refractivity contribution in [1.29, 1.82) is 0 Å². The molecule has 96 valence electrons. The fraction of sp³-hybridized carbons (Fsp3) is 0.714. The molecular weight excluding hydrogens is 212 g/mol. The van der Waals surface area contributed by atoms with Crippen LogP contribution in [-0.4, -0.2) is 31.1 Å². The molecule has 0 aromatic carbocycles. The highest BCUT2D eigenvalue weighted by Crippen LogP contribution is 2.19. The first-order valence-corrected chi connectivity index (χ1v) is 6.71. The normalized spacial score (nSPS) is 25.4. The summed E-state index contributed by atoms with van der Waals surface area (Å²) in [6.45, 7) is 5.60. The lowest BCUT2D eigenvalue weighted by Gasteiger charge is -2.32. The molecule has 0 radical (unpaired) electrons. The van der Waals surface area contributed by atoms with E-state index >= 15 is 0 Å². The van der Waals surface area contributed by atoms with Gasteiger partial charge in [-0.1, -0.05) is 13.3 Å². The second kappa shape index (κ2) is 6.22. The first-order chi connectivity index (χ1) is 8.28. The molecule has 1 aliphatic heterocycles. The minimum absolute atomic E-state index is 0.658. The summed E-state index contributed by atoms with van der Waals surface area (Å²) in [6.07, 6.45) is 7.57. The third-order valence-electron chi connectivity index (χ3n) is 3.75. The van der Waals surface area contributed by atoms with Crippen LogP contribution in [0, 0.1) is 5.92 Å². The van der Waals surface area contributed by atoms with Gasteiger partial charge in [0.2, 0.25) is 0 Å². The van der Waals surface area contributed by atoms with Gasteiger partial charge in [0.15, 0.2) is 0 Å². The van der Waals surface area contributed by atoms with E-state index in [1.807, 2.05) is 12.3 Å². The van der Waals surface area contributed by atoms with E-state index in [2.05, 4.69) is 24.2 Å². The molecule has 0 amide bonds. The van der Waals surface area contributed by atoms with Crippen LogP contribution in [0.1, 0.15) is 31.7 Å². The van der Waals surface area contributed by atoms with E-state index < -0.39 is 0 Å².